The zero-order valence-corrected chi connectivity index (χ0v) is 19.7. The normalized spacial score (nSPS) is 11.2. The van der Waals surface area contributed by atoms with E-state index in [4.69, 9.17) is 4.74 Å². The molecule has 0 saturated carbocycles. The Kier molecular flexibility index (Phi) is 7.87. The van der Waals surface area contributed by atoms with Gasteiger partial charge in [0.1, 0.15) is 5.60 Å². The molecule has 0 unspecified atom stereocenters. The van der Waals surface area contributed by atoms with E-state index < -0.39 is 11.7 Å². The molecule has 1 aromatic heterocycles. The van der Waals surface area contributed by atoms with E-state index in [0.29, 0.717) is 24.3 Å². The van der Waals surface area contributed by atoms with Gasteiger partial charge in [-0.25, -0.2) is 4.79 Å². The Morgan fingerprint density at radius 3 is 2.58 bits per heavy atom. The van der Waals surface area contributed by atoms with Crippen molar-refractivity contribution in [3.8, 4) is 0 Å². The number of pyridine rings is 1. The second-order valence-corrected chi connectivity index (χ2v) is 8.90. The van der Waals surface area contributed by atoms with Crippen molar-refractivity contribution in [3.63, 3.8) is 0 Å². The summed E-state index contributed by atoms with van der Waals surface area (Å²) in [6, 6.07) is 15.3. The van der Waals surface area contributed by atoms with Crippen LogP contribution < -0.4 is 16.0 Å². The maximum Gasteiger partial charge on any atom is 0.412 e. The summed E-state index contributed by atoms with van der Waals surface area (Å²) >= 11 is 0. The summed E-state index contributed by atoms with van der Waals surface area (Å²) in [5.41, 5.74) is 3.36. The molecule has 0 spiro atoms. The van der Waals surface area contributed by atoms with Crippen LogP contribution in [-0.4, -0.2) is 22.6 Å². The molecule has 0 aliphatic rings. The van der Waals surface area contributed by atoms with E-state index in [-0.39, 0.29) is 5.91 Å². The van der Waals surface area contributed by atoms with E-state index in [1.165, 1.54) is 0 Å². The van der Waals surface area contributed by atoms with Crippen LogP contribution in [0.15, 0.2) is 54.7 Å². The Labute approximate surface area is 194 Å². The molecule has 3 rings (SSSR count). The molecule has 7 heteroatoms. The number of carbonyl (C=O) groups excluding carboxylic acids is 2. The van der Waals surface area contributed by atoms with Crippen molar-refractivity contribution in [1.82, 2.24) is 4.98 Å². The van der Waals surface area contributed by atoms with Gasteiger partial charge < -0.3 is 15.4 Å². The molecular weight excluding hydrogens is 416 g/mol. The van der Waals surface area contributed by atoms with E-state index in [1.807, 2.05) is 69.3 Å². The molecular formula is C26H32N4O3. The summed E-state index contributed by atoms with van der Waals surface area (Å²) in [4.78, 5) is 28.9. The SMILES string of the molecule is CCCCC(=O)Nc1cnc2ccccc2c1NCc1cccc(NC(=O)OC(C)(C)C)c1. The molecule has 0 radical (unpaired) electrons. The number of fused-ring (bicyclic) bond motifs is 1. The number of rotatable bonds is 8. The first kappa shape index (κ1) is 24.0. The Bertz CT molecular complexity index is 1120. The van der Waals surface area contributed by atoms with Crippen molar-refractivity contribution in [2.24, 2.45) is 0 Å². The molecule has 3 N–H and O–H groups in total. The lowest BCUT2D eigenvalue weighted by molar-refractivity contribution is -0.116. The lowest BCUT2D eigenvalue weighted by Gasteiger charge is -2.20. The van der Waals surface area contributed by atoms with Crippen molar-refractivity contribution in [1.29, 1.82) is 0 Å². The van der Waals surface area contributed by atoms with E-state index >= 15 is 0 Å². The number of unbranched alkanes of at least 4 members (excludes halogenated alkanes) is 1. The van der Waals surface area contributed by atoms with Crippen LogP contribution in [0.1, 0.15) is 52.5 Å². The summed E-state index contributed by atoms with van der Waals surface area (Å²) < 4.78 is 5.33. The fourth-order valence-electron chi connectivity index (χ4n) is 3.35. The lowest BCUT2D eigenvalue weighted by atomic mass is 10.1. The molecule has 0 aliphatic carbocycles. The Hall–Kier alpha value is -3.61. The van der Waals surface area contributed by atoms with Crippen LogP contribution in [-0.2, 0) is 16.1 Å². The number of aromatic nitrogens is 1. The molecule has 33 heavy (non-hydrogen) atoms. The number of amides is 2. The molecule has 3 aromatic rings. The van der Waals surface area contributed by atoms with Crippen molar-refractivity contribution in [2.75, 3.05) is 16.0 Å². The lowest BCUT2D eigenvalue weighted by Crippen LogP contribution is -2.27. The first-order valence-electron chi connectivity index (χ1n) is 11.3. The number of nitrogens with zero attached hydrogens (tertiary/aromatic N) is 1. The fraction of sp³-hybridized carbons (Fsp3) is 0.346. The van der Waals surface area contributed by atoms with Gasteiger partial charge in [0, 0.05) is 24.0 Å². The average molecular weight is 449 g/mol. The third kappa shape index (κ3) is 7.20. The second kappa shape index (κ2) is 10.8. The predicted molar refractivity (Wildman–Crippen MR) is 134 cm³/mol. The van der Waals surface area contributed by atoms with Gasteiger partial charge in [0.2, 0.25) is 5.91 Å². The summed E-state index contributed by atoms with van der Waals surface area (Å²) in [6.07, 6.45) is 3.47. The molecule has 0 atom stereocenters. The standard InChI is InChI=1S/C26H32N4O3/c1-5-6-14-23(31)30-22-17-27-21-13-8-7-12-20(21)24(22)28-16-18-10-9-11-19(15-18)29-25(32)33-26(2,3)4/h7-13,15,17H,5-6,14,16H2,1-4H3,(H,27,28)(H,29,32)(H,30,31). The number of anilines is 3. The highest BCUT2D eigenvalue weighted by Gasteiger charge is 2.16. The van der Waals surface area contributed by atoms with E-state index in [1.54, 1.807) is 6.20 Å². The topological polar surface area (TPSA) is 92.4 Å². The van der Waals surface area contributed by atoms with Crippen LogP contribution in [0, 0.1) is 0 Å². The van der Waals surface area contributed by atoms with Crippen molar-refractivity contribution in [3.05, 3.63) is 60.3 Å². The van der Waals surface area contributed by atoms with Gasteiger partial charge in [0.15, 0.2) is 0 Å². The zero-order valence-electron chi connectivity index (χ0n) is 19.7. The summed E-state index contributed by atoms with van der Waals surface area (Å²) in [5, 5.41) is 10.1. The summed E-state index contributed by atoms with van der Waals surface area (Å²) in [6.45, 7) is 8.03. The van der Waals surface area contributed by atoms with Crippen molar-refractivity contribution in [2.45, 2.75) is 59.1 Å². The Morgan fingerprint density at radius 2 is 1.82 bits per heavy atom. The first-order valence-corrected chi connectivity index (χ1v) is 11.3. The minimum absolute atomic E-state index is 0.0273. The number of para-hydroxylation sites is 1. The highest BCUT2D eigenvalue weighted by molar-refractivity contribution is 6.03. The summed E-state index contributed by atoms with van der Waals surface area (Å²) in [7, 11) is 0. The Morgan fingerprint density at radius 1 is 1.03 bits per heavy atom. The highest BCUT2D eigenvalue weighted by atomic mass is 16.6. The second-order valence-electron chi connectivity index (χ2n) is 8.90. The van der Waals surface area contributed by atoms with Crippen LogP contribution in [0.25, 0.3) is 10.9 Å². The van der Waals surface area contributed by atoms with Crippen LogP contribution in [0.5, 0.6) is 0 Å². The molecule has 2 aromatic carbocycles. The van der Waals surface area contributed by atoms with Gasteiger partial charge in [-0.05, 0) is 51.0 Å². The molecule has 2 amide bonds. The number of nitrogens with one attached hydrogen (secondary N) is 3. The predicted octanol–water partition coefficient (Wildman–Crippen LogP) is 6.32. The minimum atomic E-state index is -0.566. The van der Waals surface area contributed by atoms with E-state index in [9.17, 15) is 9.59 Å². The smallest absolute Gasteiger partial charge is 0.412 e. The molecule has 1 heterocycles. The largest absolute Gasteiger partial charge is 0.444 e. The van der Waals surface area contributed by atoms with Gasteiger partial charge in [-0.15, -0.1) is 0 Å². The highest BCUT2D eigenvalue weighted by Crippen LogP contribution is 2.30. The van der Waals surface area contributed by atoms with E-state index in [2.05, 4.69) is 27.9 Å². The van der Waals surface area contributed by atoms with E-state index in [0.717, 1.165) is 35.0 Å². The maximum atomic E-state index is 12.4. The molecule has 174 valence electrons. The number of ether oxygens (including phenoxy) is 1. The molecule has 0 bridgehead atoms. The fourth-order valence-corrected chi connectivity index (χ4v) is 3.35. The van der Waals surface area contributed by atoms with Gasteiger partial charge in [-0.2, -0.15) is 0 Å². The van der Waals surface area contributed by atoms with Crippen LogP contribution in [0.4, 0.5) is 21.9 Å². The first-order chi connectivity index (χ1) is 15.7. The molecule has 0 fully saturated rings. The van der Waals surface area contributed by atoms with Gasteiger partial charge >= 0.3 is 6.09 Å². The van der Waals surface area contributed by atoms with Gasteiger partial charge in [0.25, 0.3) is 0 Å². The third-order valence-corrected chi connectivity index (χ3v) is 4.85. The molecule has 0 aliphatic heterocycles. The number of hydrogen-bond donors (Lipinski definition) is 3. The van der Waals surface area contributed by atoms with Crippen molar-refractivity contribution >= 4 is 40.0 Å². The number of hydrogen-bond acceptors (Lipinski definition) is 5. The Balaban J connectivity index is 1.78. The van der Waals surface area contributed by atoms with Gasteiger partial charge in [-0.3, -0.25) is 15.1 Å². The average Bonchev–Trinajstić information content (AvgIpc) is 2.75. The van der Waals surface area contributed by atoms with Gasteiger partial charge in [0.05, 0.1) is 23.1 Å². The third-order valence-electron chi connectivity index (χ3n) is 4.85. The van der Waals surface area contributed by atoms with Crippen molar-refractivity contribution < 1.29 is 14.3 Å². The maximum absolute atomic E-state index is 12.4. The monoisotopic (exact) mass is 448 g/mol. The minimum Gasteiger partial charge on any atom is -0.444 e. The quantitative estimate of drug-likeness (QED) is 0.375. The van der Waals surface area contributed by atoms with Crippen LogP contribution in [0.2, 0.25) is 0 Å². The molecule has 7 nitrogen and oxygen atoms in total. The number of carbonyl (C=O) groups is 2. The zero-order chi connectivity index (χ0) is 23.8. The van der Waals surface area contributed by atoms with Crippen LogP contribution in [0.3, 0.4) is 0 Å². The number of benzene rings is 2. The summed E-state index contributed by atoms with van der Waals surface area (Å²) in [5.74, 6) is -0.0273. The van der Waals surface area contributed by atoms with Gasteiger partial charge in [-0.1, -0.05) is 43.7 Å². The molecule has 0 saturated heterocycles. The van der Waals surface area contributed by atoms with Crippen LogP contribution >= 0.6 is 0 Å².